The number of rotatable bonds is 11. The highest BCUT2D eigenvalue weighted by molar-refractivity contribution is 8.00. The van der Waals surface area contributed by atoms with Crippen molar-refractivity contribution in [2.24, 2.45) is 5.92 Å². The van der Waals surface area contributed by atoms with Gasteiger partial charge in [-0.1, -0.05) is 31.7 Å². The summed E-state index contributed by atoms with van der Waals surface area (Å²) in [6, 6.07) is 13.1. The van der Waals surface area contributed by atoms with E-state index >= 15 is 0 Å². The molecule has 11 heteroatoms. The molecule has 0 aliphatic carbocycles. The van der Waals surface area contributed by atoms with E-state index in [1.807, 2.05) is 35.8 Å². The maximum atomic E-state index is 12.8. The molecule has 2 aromatic carbocycles. The first-order chi connectivity index (χ1) is 16.7. The van der Waals surface area contributed by atoms with Crippen LogP contribution in [0.1, 0.15) is 39.6 Å². The Hall–Kier alpha value is -3.60. The molecule has 0 aliphatic heterocycles. The van der Waals surface area contributed by atoms with Crippen LogP contribution in [0.15, 0.2) is 53.7 Å². The normalized spacial score (nSPS) is 12.7. The first kappa shape index (κ1) is 26.0. The number of carbonyl (C=O) groups is 1. The second-order valence-corrected chi connectivity index (χ2v) is 9.65. The zero-order chi connectivity index (χ0) is 25.5. The van der Waals surface area contributed by atoms with E-state index in [9.17, 15) is 14.9 Å². The average Bonchev–Trinajstić information content (AvgIpc) is 3.21. The SMILES string of the molecule is COc1ccc(OC(C)c2nnc(SC(C)C(=O)Nc3cccc([N+](=O)[O-])c3)n2CC(C)C)cc1. The van der Waals surface area contributed by atoms with Crippen molar-refractivity contribution in [2.45, 2.75) is 50.8 Å². The molecule has 0 bridgehead atoms. The molecule has 0 spiro atoms. The molecule has 0 saturated carbocycles. The predicted octanol–water partition coefficient (Wildman–Crippen LogP) is 5.11. The Labute approximate surface area is 208 Å². The highest BCUT2D eigenvalue weighted by Crippen LogP contribution is 2.29. The topological polar surface area (TPSA) is 121 Å². The molecule has 1 amide bonds. The zero-order valence-corrected chi connectivity index (χ0v) is 21.1. The van der Waals surface area contributed by atoms with Gasteiger partial charge in [0, 0.05) is 24.4 Å². The van der Waals surface area contributed by atoms with Gasteiger partial charge in [0.1, 0.15) is 11.5 Å². The number of thioether (sulfide) groups is 1. The number of carbonyl (C=O) groups excluding carboxylic acids is 1. The van der Waals surface area contributed by atoms with Gasteiger partial charge in [0.05, 0.1) is 17.3 Å². The third-order valence-corrected chi connectivity index (χ3v) is 6.09. The summed E-state index contributed by atoms with van der Waals surface area (Å²) in [6.07, 6.45) is -0.377. The second-order valence-electron chi connectivity index (χ2n) is 8.34. The van der Waals surface area contributed by atoms with Crippen LogP contribution in [0, 0.1) is 16.0 Å². The van der Waals surface area contributed by atoms with Gasteiger partial charge in [-0.15, -0.1) is 10.2 Å². The van der Waals surface area contributed by atoms with Gasteiger partial charge in [-0.25, -0.2) is 0 Å². The Morgan fingerprint density at radius 2 is 1.80 bits per heavy atom. The van der Waals surface area contributed by atoms with Crippen molar-refractivity contribution < 1.29 is 19.2 Å². The second kappa shape index (κ2) is 11.7. The van der Waals surface area contributed by atoms with E-state index in [1.54, 1.807) is 20.1 Å². The summed E-state index contributed by atoms with van der Waals surface area (Å²) in [5.74, 6) is 2.09. The number of anilines is 1. The molecule has 0 aliphatic rings. The van der Waals surface area contributed by atoms with Crippen molar-refractivity contribution in [3.05, 3.63) is 64.5 Å². The number of amides is 1. The van der Waals surface area contributed by atoms with Crippen molar-refractivity contribution in [3.8, 4) is 11.5 Å². The molecular formula is C24H29N5O5S. The quantitative estimate of drug-likeness (QED) is 0.219. The third kappa shape index (κ3) is 6.95. The number of nitro benzene ring substituents is 1. The Morgan fingerprint density at radius 1 is 1.11 bits per heavy atom. The number of hydrogen-bond acceptors (Lipinski definition) is 8. The highest BCUT2D eigenvalue weighted by Gasteiger charge is 2.24. The Kier molecular flexibility index (Phi) is 8.69. The number of ether oxygens (including phenoxy) is 2. The van der Waals surface area contributed by atoms with Gasteiger partial charge in [0.25, 0.3) is 5.69 Å². The minimum Gasteiger partial charge on any atom is -0.497 e. The fourth-order valence-corrected chi connectivity index (χ4v) is 4.15. The Morgan fingerprint density at radius 3 is 2.43 bits per heavy atom. The molecule has 1 aromatic heterocycles. The number of non-ortho nitro benzene ring substituents is 1. The standard InChI is InChI=1S/C24H29N5O5S/c1-15(2)14-28-22(16(3)34-21-11-9-20(33-5)10-12-21)26-27-24(28)35-17(4)23(30)25-18-7-6-8-19(13-18)29(31)32/h6-13,15-17H,14H2,1-5H3,(H,25,30). The summed E-state index contributed by atoms with van der Waals surface area (Å²) in [5.41, 5.74) is 0.276. The van der Waals surface area contributed by atoms with E-state index in [4.69, 9.17) is 9.47 Å². The number of benzene rings is 2. The Bertz CT molecular complexity index is 1170. The first-order valence-corrected chi connectivity index (χ1v) is 12.0. The number of nitrogens with zero attached hydrogens (tertiary/aromatic N) is 4. The lowest BCUT2D eigenvalue weighted by molar-refractivity contribution is -0.384. The van der Waals surface area contributed by atoms with E-state index in [2.05, 4.69) is 29.4 Å². The van der Waals surface area contributed by atoms with Gasteiger partial charge in [0.15, 0.2) is 17.1 Å². The van der Waals surface area contributed by atoms with Crippen molar-refractivity contribution in [1.29, 1.82) is 0 Å². The fourth-order valence-electron chi connectivity index (χ4n) is 3.29. The predicted molar refractivity (Wildman–Crippen MR) is 134 cm³/mol. The van der Waals surface area contributed by atoms with Gasteiger partial charge >= 0.3 is 0 Å². The number of aromatic nitrogens is 3. The van der Waals surface area contributed by atoms with Crippen LogP contribution in [-0.4, -0.2) is 38.0 Å². The molecule has 10 nitrogen and oxygen atoms in total. The van der Waals surface area contributed by atoms with E-state index in [0.717, 1.165) is 5.75 Å². The fraction of sp³-hybridized carbons (Fsp3) is 0.375. The van der Waals surface area contributed by atoms with Crippen LogP contribution >= 0.6 is 11.8 Å². The number of nitro groups is 1. The lowest BCUT2D eigenvalue weighted by Gasteiger charge is -2.19. The molecule has 186 valence electrons. The van der Waals surface area contributed by atoms with E-state index in [-0.39, 0.29) is 17.7 Å². The van der Waals surface area contributed by atoms with E-state index in [1.165, 1.54) is 30.0 Å². The van der Waals surface area contributed by atoms with Crippen LogP contribution in [0.5, 0.6) is 11.5 Å². The maximum absolute atomic E-state index is 12.8. The van der Waals surface area contributed by atoms with Crippen LogP contribution in [0.25, 0.3) is 0 Å². The summed E-state index contributed by atoms with van der Waals surface area (Å²) in [6.45, 7) is 8.48. The first-order valence-electron chi connectivity index (χ1n) is 11.1. The van der Waals surface area contributed by atoms with Crippen LogP contribution < -0.4 is 14.8 Å². The molecule has 2 unspecified atom stereocenters. The number of nitrogens with one attached hydrogen (secondary N) is 1. The number of methoxy groups -OCH3 is 1. The summed E-state index contributed by atoms with van der Waals surface area (Å²) >= 11 is 1.27. The minimum atomic E-state index is -0.518. The largest absolute Gasteiger partial charge is 0.497 e. The van der Waals surface area contributed by atoms with Gasteiger partial charge in [-0.2, -0.15) is 0 Å². The molecule has 1 heterocycles. The Balaban J connectivity index is 1.74. The van der Waals surface area contributed by atoms with Gasteiger partial charge in [-0.3, -0.25) is 14.9 Å². The van der Waals surface area contributed by atoms with Gasteiger partial charge < -0.3 is 19.4 Å². The lowest BCUT2D eigenvalue weighted by atomic mass is 10.2. The molecule has 35 heavy (non-hydrogen) atoms. The van der Waals surface area contributed by atoms with Gasteiger partial charge in [0.2, 0.25) is 5.91 Å². The molecule has 2 atom stereocenters. The molecule has 3 aromatic rings. The van der Waals surface area contributed by atoms with Crippen LogP contribution in [0.3, 0.4) is 0 Å². The molecule has 0 fully saturated rings. The average molecular weight is 500 g/mol. The maximum Gasteiger partial charge on any atom is 0.271 e. The summed E-state index contributed by atoms with van der Waals surface area (Å²) < 4.78 is 13.2. The molecule has 3 rings (SSSR count). The van der Waals surface area contributed by atoms with Crippen molar-refractivity contribution in [2.75, 3.05) is 12.4 Å². The highest BCUT2D eigenvalue weighted by atomic mass is 32.2. The molecule has 1 N–H and O–H groups in total. The molecular weight excluding hydrogens is 470 g/mol. The van der Waals surface area contributed by atoms with Crippen molar-refractivity contribution >= 4 is 29.0 Å². The van der Waals surface area contributed by atoms with Crippen molar-refractivity contribution in [3.63, 3.8) is 0 Å². The van der Waals surface area contributed by atoms with Crippen LogP contribution in [0.4, 0.5) is 11.4 Å². The summed E-state index contributed by atoms with van der Waals surface area (Å²) in [4.78, 5) is 23.3. The minimum absolute atomic E-state index is 0.0877. The van der Waals surface area contributed by atoms with Gasteiger partial charge in [-0.05, 0) is 50.1 Å². The molecule has 0 saturated heterocycles. The van der Waals surface area contributed by atoms with Crippen LogP contribution in [0.2, 0.25) is 0 Å². The van der Waals surface area contributed by atoms with E-state index in [0.29, 0.717) is 34.9 Å². The zero-order valence-electron chi connectivity index (χ0n) is 20.3. The van der Waals surface area contributed by atoms with E-state index < -0.39 is 10.2 Å². The third-order valence-electron chi connectivity index (χ3n) is 5.01. The van der Waals surface area contributed by atoms with Crippen molar-refractivity contribution in [1.82, 2.24) is 14.8 Å². The number of hydrogen-bond donors (Lipinski definition) is 1. The lowest BCUT2D eigenvalue weighted by Crippen LogP contribution is -2.23. The van der Waals surface area contributed by atoms with Crippen LogP contribution in [-0.2, 0) is 11.3 Å². The smallest absolute Gasteiger partial charge is 0.271 e. The monoisotopic (exact) mass is 499 g/mol. The molecule has 0 radical (unpaired) electrons. The summed E-state index contributed by atoms with van der Waals surface area (Å²) in [5, 5.41) is 22.5. The summed E-state index contributed by atoms with van der Waals surface area (Å²) in [7, 11) is 1.61.